The van der Waals surface area contributed by atoms with Crippen LogP contribution in [-0.4, -0.2) is 90.0 Å². The number of ether oxygens (including phenoxy) is 3. The first-order valence-electron chi connectivity index (χ1n) is 13.4. The number of amides is 1. The van der Waals surface area contributed by atoms with Crippen molar-refractivity contribution in [1.82, 2.24) is 19.8 Å². The fourth-order valence-electron chi connectivity index (χ4n) is 6.25. The van der Waals surface area contributed by atoms with Gasteiger partial charge in [-0.25, -0.2) is 9.97 Å². The van der Waals surface area contributed by atoms with Crippen molar-refractivity contribution in [3.05, 3.63) is 46.9 Å². The van der Waals surface area contributed by atoms with Crippen molar-refractivity contribution in [3.63, 3.8) is 0 Å². The molecule has 0 aliphatic carbocycles. The lowest BCUT2D eigenvalue weighted by atomic mass is 9.95. The predicted octanol–water partition coefficient (Wildman–Crippen LogP) is 3.25. The number of piperidine rings is 1. The van der Waals surface area contributed by atoms with Gasteiger partial charge < -0.3 is 24.0 Å². The number of halogens is 3. The number of anilines is 1. The van der Waals surface area contributed by atoms with E-state index in [2.05, 4.69) is 14.9 Å². The highest BCUT2D eigenvalue weighted by Crippen LogP contribution is 2.36. The number of fused-ring (bicyclic) bond motifs is 2. The van der Waals surface area contributed by atoms with Gasteiger partial charge in [-0.1, -0.05) is 0 Å². The molecule has 0 bridgehead atoms. The summed E-state index contributed by atoms with van der Waals surface area (Å²) in [6, 6.07) is 4.24. The van der Waals surface area contributed by atoms with Crippen LogP contribution in [0.5, 0.6) is 5.75 Å². The van der Waals surface area contributed by atoms with E-state index in [1.54, 1.807) is 11.8 Å². The number of rotatable bonds is 3. The third-order valence-corrected chi connectivity index (χ3v) is 8.28. The molecular weight excluding hydrogens is 515 g/mol. The molecule has 4 aliphatic rings. The first kappa shape index (κ1) is 26.3. The van der Waals surface area contributed by atoms with Crippen LogP contribution in [0.15, 0.2) is 24.5 Å². The molecule has 1 aromatic heterocycles. The third-order valence-electron chi connectivity index (χ3n) is 8.28. The van der Waals surface area contributed by atoms with E-state index in [4.69, 9.17) is 14.2 Å². The maximum Gasteiger partial charge on any atom is 0.416 e. The smallest absolute Gasteiger partial charge is 0.416 e. The average molecular weight is 548 g/mol. The Morgan fingerprint density at radius 2 is 1.90 bits per heavy atom. The normalized spacial score (nSPS) is 24.6. The summed E-state index contributed by atoms with van der Waals surface area (Å²) >= 11 is 0. The summed E-state index contributed by atoms with van der Waals surface area (Å²) in [6.07, 6.45) is -0.252. The Hall–Kier alpha value is -2.96. The van der Waals surface area contributed by atoms with Gasteiger partial charge in [0, 0.05) is 49.5 Å². The minimum Gasteiger partial charge on any atom is -0.473 e. The number of carbonyl (C=O) groups excluding carboxylic acids is 1. The number of carbonyl (C=O) groups is 1. The van der Waals surface area contributed by atoms with Crippen molar-refractivity contribution >= 4 is 11.7 Å². The number of hydrogen-bond donors (Lipinski definition) is 0. The first-order chi connectivity index (χ1) is 18.8. The van der Waals surface area contributed by atoms with Gasteiger partial charge in [-0.15, -0.1) is 0 Å². The topological polar surface area (TPSA) is 80.3 Å². The van der Waals surface area contributed by atoms with E-state index in [1.807, 2.05) is 4.90 Å². The van der Waals surface area contributed by atoms with Gasteiger partial charge in [0.1, 0.15) is 23.6 Å². The van der Waals surface area contributed by atoms with E-state index < -0.39 is 11.7 Å². The van der Waals surface area contributed by atoms with Gasteiger partial charge in [-0.3, -0.25) is 9.69 Å². The second kappa shape index (κ2) is 10.5. The van der Waals surface area contributed by atoms with Crippen molar-refractivity contribution in [3.8, 4) is 5.75 Å². The van der Waals surface area contributed by atoms with E-state index in [9.17, 15) is 18.0 Å². The summed E-state index contributed by atoms with van der Waals surface area (Å²) in [6.45, 7) is 6.34. The van der Waals surface area contributed by atoms with E-state index >= 15 is 0 Å². The van der Waals surface area contributed by atoms with Crippen LogP contribution in [0, 0.1) is 6.92 Å². The quantitative estimate of drug-likeness (QED) is 0.580. The van der Waals surface area contributed by atoms with Gasteiger partial charge in [-0.05, 0) is 44.4 Å². The molecule has 5 heterocycles. The second-order valence-corrected chi connectivity index (χ2v) is 10.6. The zero-order chi connectivity index (χ0) is 27.1. The van der Waals surface area contributed by atoms with Crippen LogP contribution in [0.4, 0.5) is 19.0 Å². The maximum atomic E-state index is 13.5. The monoisotopic (exact) mass is 547 g/mol. The van der Waals surface area contributed by atoms with Gasteiger partial charge in [0.2, 0.25) is 0 Å². The highest BCUT2D eigenvalue weighted by molar-refractivity contribution is 5.94. The lowest BCUT2D eigenvalue weighted by Gasteiger charge is -2.49. The molecule has 4 aliphatic heterocycles. The number of hydrogen-bond acceptors (Lipinski definition) is 8. The van der Waals surface area contributed by atoms with Crippen LogP contribution >= 0.6 is 0 Å². The lowest BCUT2D eigenvalue weighted by molar-refractivity contribution is -0.148. The molecule has 2 atom stereocenters. The van der Waals surface area contributed by atoms with Gasteiger partial charge in [0.15, 0.2) is 6.73 Å². The third kappa shape index (κ3) is 5.17. The largest absolute Gasteiger partial charge is 0.473 e. The molecule has 1 amide bonds. The molecule has 3 fully saturated rings. The van der Waals surface area contributed by atoms with Crippen LogP contribution in [0.2, 0.25) is 0 Å². The minimum absolute atomic E-state index is 0.113. The zero-order valence-corrected chi connectivity index (χ0v) is 21.8. The lowest BCUT2D eigenvalue weighted by Crippen LogP contribution is -2.60. The molecule has 9 nitrogen and oxygen atoms in total. The standard InChI is InChI=1S/C27H32F3N5O4/c1-17-24(26(36)33-7-4-20(5-8-33)35-9-11-38-23-14-37-10-6-21(23)35)31-15-32-25(17)34-13-18-12-19(27(28,29)30)2-3-22(18)39-16-34/h2-3,12,15,20-21,23H,4-11,13-14,16H2,1H3/t21-,23+/m0/s1. The molecule has 0 spiro atoms. The number of benzene rings is 1. The molecule has 12 heteroatoms. The Balaban J connectivity index is 1.13. The summed E-state index contributed by atoms with van der Waals surface area (Å²) < 4.78 is 56.9. The first-order valence-corrected chi connectivity index (χ1v) is 13.4. The Labute approximate surface area is 224 Å². The van der Waals surface area contributed by atoms with Crippen molar-refractivity contribution in [2.24, 2.45) is 0 Å². The number of likely N-dealkylation sites (tertiary alicyclic amines) is 1. The fraction of sp³-hybridized carbons (Fsp3) is 0.593. The summed E-state index contributed by atoms with van der Waals surface area (Å²) in [5.41, 5.74) is 0.583. The van der Waals surface area contributed by atoms with Crippen LogP contribution in [0.3, 0.4) is 0 Å². The van der Waals surface area contributed by atoms with E-state index in [-0.39, 0.29) is 25.3 Å². The molecule has 6 rings (SSSR count). The number of aromatic nitrogens is 2. The Morgan fingerprint density at radius 1 is 1.08 bits per heavy atom. The van der Waals surface area contributed by atoms with Gasteiger partial charge in [0.05, 0.1) is 31.4 Å². The molecule has 39 heavy (non-hydrogen) atoms. The minimum atomic E-state index is -4.44. The highest BCUT2D eigenvalue weighted by Gasteiger charge is 2.40. The molecule has 3 saturated heterocycles. The predicted molar refractivity (Wildman–Crippen MR) is 134 cm³/mol. The molecule has 0 unspecified atom stereocenters. The van der Waals surface area contributed by atoms with E-state index in [0.29, 0.717) is 66.8 Å². The molecule has 2 aromatic rings. The fourth-order valence-corrected chi connectivity index (χ4v) is 6.25. The Morgan fingerprint density at radius 3 is 2.69 bits per heavy atom. The van der Waals surface area contributed by atoms with Crippen LogP contribution in [-0.2, 0) is 22.2 Å². The van der Waals surface area contributed by atoms with Gasteiger partial charge in [-0.2, -0.15) is 13.2 Å². The van der Waals surface area contributed by atoms with Crippen LogP contribution in [0.25, 0.3) is 0 Å². The summed E-state index contributed by atoms with van der Waals surface area (Å²) in [5, 5.41) is 0. The van der Waals surface area contributed by atoms with Crippen molar-refractivity contribution in [2.75, 3.05) is 51.1 Å². The molecule has 0 N–H and O–H groups in total. The zero-order valence-electron chi connectivity index (χ0n) is 21.8. The summed E-state index contributed by atoms with van der Waals surface area (Å²) in [4.78, 5) is 28.3. The number of morpholine rings is 1. The van der Waals surface area contributed by atoms with Crippen molar-refractivity contribution in [2.45, 2.75) is 57.1 Å². The number of alkyl halides is 3. The molecule has 210 valence electrons. The molecule has 1 aromatic carbocycles. The molecular formula is C27H32F3N5O4. The SMILES string of the molecule is Cc1c(C(=O)N2CCC(N3CCO[C@@H]4COCC[C@@H]43)CC2)ncnc1N1COc2ccc(C(F)(F)F)cc2C1. The van der Waals surface area contributed by atoms with Crippen molar-refractivity contribution < 1.29 is 32.2 Å². The van der Waals surface area contributed by atoms with Crippen molar-refractivity contribution in [1.29, 1.82) is 0 Å². The maximum absolute atomic E-state index is 13.5. The molecule has 0 saturated carbocycles. The Kier molecular flexibility index (Phi) is 7.11. The van der Waals surface area contributed by atoms with Gasteiger partial charge >= 0.3 is 6.18 Å². The van der Waals surface area contributed by atoms with E-state index in [1.165, 1.54) is 12.4 Å². The Bertz CT molecular complexity index is 1220. The highest BCUT2D eigenvalue weighted by atomic mass is 19.4. The van der Waals surface area contributed by atoms with Crippen LogP contribution in [0.1, 0.15) is 46.4 Å². The van der Waals surface area contributed by atoms with Crippen LogP contribution < -0.4 is 9.64 Å². The molecule has 0 radical (unpaired) electrons. The summed E-state index contributed by atoms with van der Waals surface area (Å²) in [5.74, 6) is 0.737. The average Bonchev–Trinajstić information content (AvgIpc) is 2.96. The van der Waals surface area contributed by atoms with E-state index in [0.717, 1.165) is 44.5 Å². The summed E-state index contributed by atoms with van der Waals surface area (Å²) in [7, 11) is 0. The van der Waals surface area contributed by atoms with Gasteiger partial charge in [0.25, 0.3) is 5.91 Å². The number of nitrogens with zero attached hydrogens (tertiary/aromatic N) is 5. The second-order valence-electron chi connectivity index (χ2n) is 10.6.